The standard InChI is InChI=1S/C22H23F3N6O/c23-22(24,25)7-1-9-29-17-5-2-14(11-26)10-16(17)28-20(29)13-30-19-12-27-8-6-18(19)31(21(30)32)15-3-4-15/h2,5-6,8,10,12,15H,1,3-4,7,9,11,13,26H2. The normalized spacial score (nSPS) is 14.6. The van der Waals surface area contributed by atoms with Gasteiger partial charge in [0.1, 0.15) is 5.82 Å². The van der Waals surface area contributed by atoms with E-state index in [-0.39, 0.29) is 31.2 Å². The van der Waals surface area contributed by atoms with Crippen LogP contribution < -0.4 is 11.4 Å². The number of nitrogens with zero attached hydrogens (tertiary/aromatic N) is 5. The van der Waals surface area contributed by atoms with Crippen molar-refractivity contribution in [3.63, 3.8) is 0 Å². The highest BCUT2D eigenvalue weighted by Crippen LogP contribution is 2.36. The first-order valence-electron chi connectivity index (χ1n) is 10.7. The van der Waals surface area contributed by atoms with E-state index in [1.54, 1.807) is 26.1 Å². The number of hydrogen-bond acceptors (Lipinski definition) is 4. The lowest BCUT2D eigenvalue weighted by Crippen LogP contribution is -2.25. The van der Waals surface area contributed by atoms with Crippen LogP contribution >= 0.6 is 0 Å². The Morgan fingerprint density at radius 3 is 2.62 bits per heavy atom. The first-order chi connectivity index (χ1) is 15.4. The third-order valence-electron chi connectivity index (χ3n) is 5.95. The van der Waals surface area contributed by atoms with Crippen LogP contribution in [0.3, 0.4) is 0 Å². The van der Waals surface area contributed by atoms with Crippen molar-refractivity contribution < 1.29 is 13.2 Å². The van der Waals surface area contributed by atoms with E-state index in [4.69, 9.17) is 5.73 Å². The van der Waals surface area contributed by atoms with Crippen LogP contribution in [0.15, 0.2) is 41.5 Å². The lowest BCUT2D eigenvalue weighted by atomic mass is 10.2. The average Bonchev–Trinajstić information content (AvgIpc) is 3.48. The van der Waals surface area contributed by atoms with Crippen molar-refractivity contribution in [1.82, 2.24) is 23.7 Å². The smallest absolute Gasteiger partial charge is 0.326 e. The van der Waals surface area contributed by atoms with Gasteiger partial charge in [-0.15, -0.1) is 0 Å². The monoisotopic (exact) mass is 444 g/mol. The Morgan fingerprint density at radius 2 is 1.91 bits per heavy atom. The van der Waals surface area contributed by atoms with Crippen LogP contribution in [0, 0.1) is 0 Å². The van der Waals surface area contributed by atoms with Gasteiger partial charge in [0.25, 0.3) is 0 Å². The van der Waals surface area contributed by atoms with Crippen LogP contribution in [0.2, 0.25) is 0 Å². The fourth-order valence-electron chi connectivity index (χ4n) is 4.27. The molecule has 1 aliphatic carbocycles. The molecule has 2 N–H and O–H groups in total. The topological polar surface area (TPSA) is 83.7 Å². The summed E-state index contributed by atoms with van der Waals surface area (Å²) >= 11 is 0. The van der Waals surface area contributed by atoms with Crippen molar-refractivity contribution in [3.8, 4) is 0 Å². The summed E-state index contributed by atoms with van der Waals surface area (Å²) in [5, 5.41) is 0. The van der Waals surface area contributed by atoms with Crippen molar-refractivity contribution in [2.45, 2.75) is 57.5 Å². The number of alkyl halides is 3. The van der Waals surface area contributed by atoms with E-state index in [0.717, 1.165) is 29.4 Å². The highest BCUT2D eigenvalue weighted by molar-refractivity contribution is 5.77. The van der Waals surface area contributed by atoms with Crippen molar-refractivity contribution in [2.75, 3.05) is 0 Å². The van der Waals surface area contributed by atoms with E-state index in [0.29, 0.717) is 23.4 Å². The van der Waals surface area contributed by atoms with Crippen molar-refractivity contribution in [2.24, 2.45) is 5.73 Å². The molecule has 1 fully saturated rings. The number of hydrogen-bond donors (Lipinski definition) is 1. The van der Waals surface area contributed by atoms with Crippen LogP contribution in [0.25, 0.3) is 22.1 Å². The van der Waals surface area contributed by atoms with Crippen LogP contribution in [0.5, 0.6) is 0 Å². The lowest BCUT2D eigenvalue weighted by molar-refractivity contribution is -0.135. The largest absolute Gasteiger partial charge is 0.389 e. The molecule has 0 spiro atoms. The molecule has 0 amide bonds. The first kappa shape index (κ1) is 20.7. The predicted molar refractivity (Wildman–Crippen MR) is 114 cm³/mol. The quantitative estimate of drug-likeness (QED) is 0.471. The van der Waals surface area contributed by atoms with Gasteiger partial charge in [-0.25, -0.2) is 9.78 Å². The molecular weight excluding hydrogens is 421 g/mol. The number of fused-ring (bicyclic) bond motifs is 2. The fourth-order valence-corrected chi connectivity index (χ4v) is 4.27. The first-order valence-corrected chi connectivity index (χ1v) is 10.7. The summed E-state index contributed by atoms with van der Waals surface area (Å²) in [6, 6.07) is 7.54. The maximum Gasteiger partial charge on any atom is 0.389 e. The second-order valence-corrected chi connectivity index (χ2v) is 8.26. The average molecular weight is 444 g/mol. The van der Waals surface area contributed by atoms with E-state index in [9.17, 15) is 18.0 Å². The third-order valence-corrected chi connectivity index (χ3v) is 5.95. The molecule has 3 heterocycles. The molecule has 168 valence electrons. The molecule has 0 bridgehead atoms. The summed E-state index contributed by atoms with van der Waals surface area (Å²) in [5.74, 6) is 0.539. The number of aryl methyl sites for hydroxylation is 1. The Bertz CT molecular complexity index is 1350. The Hall–Kier alpha value is -3.14. The van der Waals surface area contributed by atoms with Gasteiger partial charge >= 0.3 is 11.9 Å². The van der Waals surface area contributed by atoms with Gasteiger partial charge in [-0.05, 0) is 43.0 Å². The minimum absolute atomic E-state index is 0.0686. The van der Waals surface area contributed by atoms with Crippen LogP contribution in [-0.4, -0.2) is 29.8 Å². The van der Waals surface area contributed by atoms with Gasteiger partial charge in [-0.1, -0.05) is 6.07 Å². The van der Waals surface area contributed by atoms with Gasteiger partial charge in [-0.2, -0.15) is 13.2 Å². The summed E-state index contributed by atoms with van der Waals surface area (Å²) in [4.78, 5) is 22.1. The molecule has 4 aromatic rings. The highest BCUT2D eigenvalue weighted by Gasteiger charge is 2.30. The molecule has 1 aromatic carbocycles. The maximum atomic E-state index is 13.2. The molecule has 5 rings (SSSR count). The number of nitrogens with two attached hydrogens (primary N) is 1. The van der Waals surface area contributed by atoms with E-state index in [2.05, 4.69) is 9.97 Å². The zero-order valence-electron chi connectivity index (χ0n) is 17.3. The summed E-state index contributed by atoms with van der Waals surface area (Å²) in [7, 11) is 0. The summed E-state index contributed by atoms with van der Waals surface area (Å²) in [6.07, 6.45) is 0.0607. The van der Waals surface area contributed by atoms with Crippen molar-refractivity contribution in [3.05, 3.63) is 58.5 Å². The second kappa shape index (κ2) is 7.77. The molecule has 0 atom stereocenters. The number of halogens is 3. The molecule has 0 unspecified atom stereocenters. The van der Waals surface area contributed by atoms with Gasteiger partial charge in [0.05, 0.1) is 34.8 Å². The van der Waals surface area contributed by atoms with Crippen molar-refractivity contribution >= 4 is 22.1 Å². The summed E-state index contributed by atoms with van der Waals surface area (Å²) < 4.78 is 43.5. The Morgan fingerprint density at radius 1 is 1.09 bits per heavy atom. The fraction of sp³-hybridized carbons (Fsp3) is 0.409. The molecule has 32 heavy (non-hydrogen) atoms. The van der Waals surface area contributed by atoms with Crippen molar-refractivity contribution in [1.29, 1.82) is 0 Å². The minimum Gasteiger partial charge on any atom is -0.326 e. The zero-order chi connectivity index (χ0) is 22.5. The Kier molecular flexibility index (Phi) is 5.04. The van der Waals surface area contributed by atoms with Gasteiger partial charge in [-0.3, -0.25) is 14.1 Å². The molecular formula is C22H23F3N6O. The van der Waals surface area contributed by atoms with E-state index in [1.807, 2.05) is 24.3 Å². The number of aromatic nitrogens is 5. The molecule has 3 aromatic heterocycles. The summed E-state index contributed by atoms with van der Waals surface area (Å²) in [5.41, 5.74) is 9.39. The van der Waals surface area contributed by atoms with E-state index >= 15 is 0 Å². The number of rotatable bonds is 7. The molecule has 7 nitrogen and oxygen atoms in total. The van der Waals surface area contributed by atoms with Crippen LogP contribution in [0.4, 0.5) is 13.2 Å². The Labute approximate surface area is 181 Å². The molecule has 1 saturated carbocycles. The lowest BCUT2D eigenvalue weighted by Gasteiger charge is -2.11. The van der Waals surface area contributed by atoms with Gasteiger partial charge in [0.15, 0.2) is 0 Å². The highest BCUT2D eigenvalue weighted by atomic mass is 19.4. The summed E-state index contributed by atoms with van der Waals surface area (Å²) in [6.45, 7) is 0.646. The van der Waals surface area contributed by atoms with Gasteiger partial charge in [0.2, 0.25) is 0 Å². The van der Waals surface area contributed by atoms with Crippen LogP contribution in [-0.2, 0) is 19.6 Å². The molecule has 0 aliphatic heterocycles. The minimum atomic E-state index is -4.22. The molecule has 0 saturated heterocycles. The molecule has 1 aliphatic rings. The number of imidazole rings is 2. The molecule has 0 radical (unpaired) electrons. The zero-order valence-corrected chi connectivity index (χ0v) is 17.3. The number of pyridine rings is 1. The van der Waals surface area contributed by atoms with Gasteiger partial charge < -0.3 is 10.3 Å². The maximum absolute atomic E-state index is 13.2. The Balaban J connectivity index is 1.59. The second-order valence-electron chi connectivity index (χ2n) is 8.26. The predicted octanol–water partition coefficient (Wildman–Crippen LogP) is 3.73. The van der Waals surface area contributed by atoms with E-state index < -0.39 is 12.6 Å². The number of benzene rings is 1. The third kappa shape index (κ3) is 3.79. The SMILES string of the molecule is NCc1ccc2c(c1)nc(Cn1c(=O)n(C3CC3)c3ccncc31)n2CCCC(F)(F)F. The van der Waals surface area contributed by atoms with Crippen LogP contribution in [0.1, 0.15) is 43.1 Å². The van der Waals surface area contributed by atoms with Gasteiger partial charge in [0, 0.05) is 31.7 Å². The van der Waals surface area contributed by atoms with E-state index in [1.165, 1.54) is 0 Å². The molecule has 10 heteroatoms.